The summed E-state index contributed by atoms with van der Waals surface area (Å²) in [6.45, 7) is 8.77. The van der Waals surface area contributed by atoms with Crippen LogP contribution in [0.15, 0.2) is 24.3 Å². The van der Waals surface area contributed by atoms with Crippen molar-refractivity contribution in [2.24, 2.45) is 5.92 Å². The highest BCUT2D eigenvalue weighted by Crippen LogP contribution is 2.19. The smallest absolute Gasteiger partial charge is 0.0503 e. The first-order valence-corrected chi connectivity index (χ1v) is 8.31. The normalized spacial score (nSPS) is 19.2. The molecule has 1 aromatic rings. The first kappa shape index (κ1) is 16.5. The summed E-state index contributed by atoms with van der Waals surface area (Å²) in [5.41, 5.74) is 2.86. The minimum absolute atomic E-state index is 0.721. The molecule has 0 aromatic heterocycles. The summed E-state index contributed by atoms with van der Waals surface area (Å²) < 4.78 is 5.26. The summed E-state index contributed by atoms with van der Waals surface area (Å²) in [6.07, 6.45) is 3.60. The summed E-state index contributed by atoms with van der Waals surface area (Å²) in [6, 6.07) is 9.15. The number of ether oxygens (including phenoxy) is 1. The van der Waals surface area contributed by atoms with Crippen molar-refractivity contribution in [1.29, 1.82) is 0 Å². The van der Waals surface area contributed by atoms with E-state index in [-0.39, 0.29) is 0 Å². The van der Waals surface area contributed by atoms with E-state index < -0.39 is 0 Å². The highest BCUT2D eigenvalue weighted by atomic mass is 16.5. The average molecular weight is 290 g/mol. The Balaban J connectivity index is 1.72. The fourth-order valence-corrected chi connectivity index (χ4v) is 3.03. The van der Waals surface area contributed by atoms with Gasteiger partial charge in [-0.2, -0.15) is 0 Å². The number of hydrogen-bond donors (Lipinski definition) is 1. The van der Waals surface area contributed by atoms with Crippen molar-refractivity contribution in [2.45, 2.75) is 32.7 Å². The van der Waals surface area contributed by atoms with Crippen molar-refractivity contribution in [1.82, 2.24) is 10.2 Å². The zero-order valence-electron chi connectivity index (χ0n) is 13.6. The zero-order chi connectivity index (χ0) is 14.9. The number of nitrogens with one attached hydrogen (secondary N) is 1. The van der Waals surface area contributed by atoms with Crippen molar-refractivity contribution >= 4 is 0 Å². The van der Waals surface area contributed by atoms with Gasteiger partial charge in [-0.3, -0.25) is 4.90 Å². The standard InChI is InChI=1S/C18H30N2O/c1-3-10-19-11-8-16-4-6-17(7-5-16)13-20-12-9-18(14-20)15-21-2/h4-7,18-19H,3,8-15H2,1-2H3. The minimum Gasteiger partial charge on any atom is -0.384 e. The molecule has 1 N–H and O–H groups in total. The Bertz CT molecular complexity index is 391. The van der Waals surface area contributed by atoms with Gasteiger partial charge in [-0.25, -0.2) is 0 Å². The molecule has 1 heterocycles. The Hall–Kier alpha value is -0.900. The summed E-state index contributed by atoms with van der Waals surface area (Å²) in [5, 5.41) is 3.45. The molecular formula is C18H30N2O. The van der Waals surface area contributed by atoms with Crippen LogP contribution in [0.25, 0.3) is 0 Å². The Morgan fingerprint density at radius 1 is 1.19 bits per heavy atom. The van der Waals surface area contributed by atoms with Gasteiger partial charge in [0.2, 0.25) is 0 Å². The van der Waals surface area contributed by atoms with Gasteiger partial charge in [-0.1, -0.05) is 31.2 Å². The van der Waals surface area contributed by atoms with Crippen molar-refractivity contribution in [3.8, 4) is 0 Å². The maximum atomic E-state index is 5.26. The lowest BCUT2D eigenvalue weighted by Gasteiger charge is -2.16. The van der Waals surface area contributed by atoms with Crippen LogP contribution in [-0.2, 0) is 17.7 Å². The van der Waals surface area contributed by atoms with Crippen molar-refractivity contribution in [3.05, 3.63) is 35.4 Å². The van der Waals surface area contributed by atoms with Gasteiger partial charge in [0, 0.05) is 20.2 Å². The van der Waals surface area contributed by atoms with Crippen LogP contribution in [0.1, 0.15) is 30.9 Å². The molecule has 21 heavy (non-hydrogen) atoms. The van der Waals surface area contributed by atoms with Crippen LogP contribution in [0.5, 0.6) is 0 Å². The lowest BCUT2D eigenvalue weighted by atomic mass is 10.1. The van der Waals surface area contributed by atoms with E-state index in [0.29, 0.717) is 0 Å². The Kier molecular flexibility index (Phi) is 7.20. The lowest BCUT2D eigenvalue weighted by Crippen LogP contribution is -2.21. The molecule has 3 heteroatoms. The van der Waals surface area contributed by atoms with E-state index in [0.717, 1.165) is 38.6 Å². The second kappa shape index (κ2) is 9.19. The van der Waals surface area contributed by atoms with Crippen LogP contribution in [-0.4, -0.2) is 44.8 Å². The topological polar surface area (TPSA) is 24.5 Å². The van der Waals surface area contributed by atoms with Crippen LogP contribution in [0.2, 0.25) is 0 Å². The molecule has 1 aromatic carbocycles. The van der Waals surface area contributed by atoms with Crippen LogP contribution < -0.4 is 5.32 Å². The van der Waals surface area contributed by atoms with Crippen molar-refractivity contribution in [3.63, 3.8) is 0 Å². The van der Waals surface area contributed by atoms with E-state index >= 15 is 0 Å². The van der Waals surface area contributed by atoms with Gasteiger partial charge in [0.25, 0.3) is 0 Å². The molecule has 118 valence electrons. The number of nitrogens with zero attached hydrogens (tertiary/aromatic N) is 1. The third kappa shape index (κ3) is 5.77. The number of likely N-dealkylation sites (tertiary alicyclic amines) is 1. The summed E-state index contributed by atoms with van der Waals surface area (Å²) in [5.74, 6) is 0.721. The van der Waals surface area contributed by atoms with Crippen LogP contribution in [0.4, 0.5) is 0 Å². The van der Waals surface area contributed by atoms with E-state index in [4.69, 9.17) is 4.74 Å². The van der Waals surface area contributed by atoms with Crippen LogP contribution >= 0.6 is 0 Å². The summed E-state index contributed by atoms with van der Waals surface area (Å²) in [7, 11) is 1.80. The molecule has 0 amide bonds. The first-order valence-electron chi connectivity index (χ1n) is 8.31. The van der Waals surface area contributed by atoms with E-state index in [2.05, 4.69) is 41.4 Å². The molecule has 1 atom stereocenters. The van der Waals surface area contributed by atoms with Crippen LogP contribution in [0, 0.1) is 5.92 Å². The Morgan fingerprint density at radius 2 is 1.95 bits per heavy atom. The molecule has 0 spiro atoms. The predicted molar refractivity (Wildman–Crippen MR) is 88.6 cm³/mol. The molecule has 0 radical (unpaired) electrons. The minimum atomic E-state index is 0.721. The van der Waals surface area contributed by atoms with Gasteiger partial charge in [-0.05, 0) is 55.9 Å². The average Bonchev–Trinajstić information content (AvgIpc) is 2.93. The van der Waals surface area contributed by atoms with Crippen LogP contribution in [0.3, 0.4) is 0 Å². The molecule has 2 rings (SSSR count). The van der Waals surface area contributed by atoms with Gasteiger partial charge in [0.15, 0.2) is 0 Å². The molecule has 0 bridgehead atoms. The van der Waals surface area contributed by atoms with Gasteiger partial charge < -0.3 is 10.1 Å². The summed E-state index contributed by atoms with van der Waals surface area (Å²) >= 11 is 0. The maximum Gasteiger partial charge on any atom is 0.0503 e. The monoisotopic (exact) mass is 290 g/mol. The van der Waals surface area contributed by atoms with E-state index in [1.54, 1.807) is 7.11 Å². The van der Waals surface area contributed by atoms with Gasteiger partial charge in [-0.15, -0.1) is 0 Å². The number of methoxy groups -OCH3 is 1. The molecule has 1 fully saturated rings. The number of rotatable bonds is 9. The molecule has 3 nitrogen and oxygen atoms in total. The third-order valence-corrected chi connectivity index (χ3v) is 4.22. The fraction of sp³-hybridized carbons (Fsp3) is 0.667. The predicted octanol–water partition coefficient (Wildman–Crippen LogP) is 2.70. The second-order valence-electron chi connectivity index (χ2n) is 6.16. The van der Waals surface area contributed by atoms with E-state index in [1.807, 2.05) is 0 Å². The lowest BCUT2D eigenvalue weighted by molar-refractivity contribution is 0.152. The third-order valence-electron chi connectivity index (χ3n) is 4.22. The molecule has 1 aliphatic heterocycles. The largest absolute Gasteiger partial charge is 0.384 e. The Labute approximate surface area is 129 Å². The molecular weight excluding hydrogens is 260 g/mol. The number of benzene rings is 1. The van der Waals surface area contributed by atoms with Gasteiger partial charge in [0.05, 0.1) is 6.61 Å². The first-order chi connectivity index (χ1) is 10.3. The molecule has 1 saturated heterocycles. The second-order valence-corrected chi connectivity index (χ2v) is 6.16. The molecule has 1 aliphatic rings. The molecule has 0 aliphatic carbocycles. The van der Waals surface area contributed by atoms with Gasteiger partial charge >= 0.3 is 0 Å². The maximum absolute atomic E-state index is 5.26. The number of hydrogen-bond acceptors (Lipinski definition) is 3. The molecule has 0 saturated carbocycles. The van der Waals surface area contributed by atoms with Crippen molar-refractivity contribution < 1.29 is 4.74 Å². The highest BCUT2D eigenvalue weighted by molar-refractivity contribution is 5.22. The van der Waals surface area contributed by atoms with Gasteiger partial charge in [0.1, 0.15) is 0 Å². The van der Waals surface area contributed by atoms with E-state index in [1.165, 1.54) is 37.1 Å². The fourth-order valence-electron chi connectivity index (χ4n) is 3.03. The highest BCUT2D eigenvalue weighted by Gasteiger charge is 2.21. The van der Waals surface area contributed by atoms with Crippen molar-refractivity contribution in [2.75, 3.05) is 39.9 Å². The van der Waals surface area contributed by atoms with E-state index in [9.17, 15) is 0 Å². The summed E-state index contributed by atoms with van der Waals surface area (Å²) in [4.78, 5) is 2.54. The molecule has 1 unspecified atom stereocenters. The zero-order valence-corrected chi connectivity index (χ0v) is 13.6. The SMILES string of the molecule is CCCNCCc1ccc(CN2CCC(COC)C2)cc1. The quantitative estimate of drug-likeness (QED) is 0.708. The Morgan fingerprint density at radius 3 is 2.67 bits per heavy atom.